The van der Waals surface area contributed by atoms with E-state index in [1.807, 2.05) is 4.90 Å². The zero-order valence-electron chi connectivity index (χ0n) is 13.7. The van der Waals surface area contributed by atoms with Gasteiger partial charge in [0.15, 0.2) is 0 Å². The van der Waals surface area contributed by atoms with Crippen LogP contribution in [-0.4, -0.2) is 61.5 Å². The Bertz CT molecular complexity index is 726. The molecule has 1 N–H and O–H groups in total. The Morgan fingerprint density at radius 2 is 1.92 bits per heavy atom. The molecule has 0 atom stereocenters. The highest BCUT2D eigenvalue weighted by Crippen LogP contribution is 2.31. The predicted molar refractivity (Wildman–Crippen MR) is 89.7 cm³/mol. The molecule has 0 radical (unpaired) electrons. The molecule has 0 spiro atoms. The summed E-state index contributed by atoms with van der Waals surface area (Å²) in [6.45, 7) is 3.74. The number of nitrogens with zero attached hydrogens (tertiary/aromatic N) is 2. The van der Waals surface area contributed by atoms with Gasteiger partial charge in [-0.05, 0) is 37.5 Å². The summed E-state index contributed by atoms with van der Waals surface area (Å²) in [4.78, 5) is 14.0. The minimum Gasteiger partial charge on any atom is -0.325 e. The van der Waals surface area contributed by atoms with E-state index in [9.17, 15) is 17.6 Å². The maximum absolute atomic E-state index is 13.5. The highest BCUT2D eigenvalue weighted by Gasteiger charge is 2.40. The van der Waals surface area contributed by atoms with Crippen LogP contribution in [0.5, 0.6) is 0 Å². The molecule has 6 nitrogen and oxygen atoms in total. The molecule has 0 bridgehead atoms. The van der Waals surface area contributed by atoms with Crippen molar-refractivity contribution < 1.29 is 17.6 Å². The van der Waals surface area contributed by atoms with Gasteiger partial charge in [-0.2, -0.15) is 4.31 Å². The Hall–Kier alpha value is -1.51. The van der Waals surface area contributed by atoms with Crippen molar-refractivity contribution >= 4 is 21.6 Å². The highest BCUT2D eigenvalue weighted by molar-refractivity contribution is 7.90. The number of rotatable bonds is 5. The molecular weight excluding hydrogens is 333 g/mol. The van der Waals surface area contributed by atoms with Crippen LogP contribution in [0.2, 0.25) is 0 Å². The van der Waals surface area contributed by atoms with E-state index in [1.54, 1.807) is 19.1 Å². The molecule has 1 saturated heterocycles. The number of amides is 1. The molecule has 24 heavy (non-hydrogen) atoms. The lowest BCUT2D eigenvalue weighted by Gasteiger charge is -2.33. The Morgan fingerprint density at radius 1 is 1.25 bits per heavy atom. The molecule has 132 valence electrons. The zero-order valence-corrected chi connectivity index (χ0v) is 14.5. The van der Waals surface area contributed by atoms with Crippen molar-refractivity contribution in [2.75, 3.05) is 38.0 Å². The second-order valence-corrected chi connectivity index (χ2v) is 8.64. The first-order valence-electron chi connectivity index (χ1n) is 8.13. The number of nitrogens with one attached hydrogen (secondary N) is 1. The molecule has 2 aliphatic rings. The molecule has 1 aliphatic heterocycles. The standard InChI is InChI=1S/C16H22FN3O3S/c1-12-2-3-13(10-15(12)17)18-16(21)11-19-6-8-20(9-7-19)24(22,23)14-4-5-14/h2-3,10,14H,4-9,11H2,1H3,(H,18,21). The van der Waals surface area contributed by atoms with E-state index in [0.717, 1.165) is 12.8 Å². The van der Waals surface area contributed by atoms with Gasteiger partial charge >= 0.3 is 0 Å². The van der Waals surface area contributed by atoms with Gasteiger partial charge in [-0.25, -0.2) is 12.8 Å². The number of aryl methyl sites for hydroxylation is 1. The summed E-state index contributed by atoms with van der Waals surface area (Å²) in [6.07, 6.45) is 1.52. The van der Waals surface area contributed by atoms with Crippen LogP contribution in [0, 0.1) is 12.7 Å². The van der Waals surface area contributed by atoms with Crippen LogP contribution in [0.15, 0.2) is 18.2 Å². The number of sulfonamides is 1. The van der Waals surface area contributed by atoms with Crippen LogP contribution in [-0.2, 0) is 14.8 Å². The van der Waals surface area contributed by atoms with Crippen LogP contribution < -0.4 is 5.32 Å². The molecule has 0 unspecified atom stereocenters. The normalized spacial score (nSPS) is 20.1. The second-order valence-electron chi connectivity index (χ2n) is 6.43. The highest BCUT2D eigenvalue weighted by atomic mass is 32.2. The number of carbonyl (C=O) groups is 1. The van der Waals surface area contributed by atoms with Gasteiger partial charge in [0, 0.05) is 31.9 Å². The van der Waals surface area contributed by atoms with E-state index in [2.05, 4.69) is 5.32 Å². The second kappa shape index (κ2) is 6.78. The molecule has 1 saturated carbocycles. The van der Waals surface area contributed by atoms with E-state index in [0.29, 0.717) is 37.4 Å². The van der Waals surface area contributed by atoms with Crippen LogP contribution in [0.3, 0.4) is 0 Å². The number of piperazine rings is 1. The van der Waals surface area contributed by atoms with Crippen molar-refractivity contribution in [3.8, 4) is 0 Å². The van der Waals surface area contributed by atoms with Gasteiger partial charge in [0.2, 0.25) is 15.9 Å². The van der Waals surface area contributed by atoms with E-state index < -0.39 is 10.0 Å². The van der Waals surface area contributed by atoms with E-state index in [-0.39, 0.29) is 23.5 Å². The third-order valence-electron chi connectivity index (χ3n) is 4.46. The van der Waals surface area contributed by atoms with Gasteiger partial charge in [-0.15, -0.1) is 0 Å². The average molecular weight is 355 g/mol. The summed E-state index contributed by atoms with van der Waals surface area (Å²) < 4.78 is 39.4. The first-order chi connectivity index (χ1) is 11.4. The van der Waals surface area contributed by atoms with Crippen molar-refractivity contribution in [3.63, 3.8) is 0 Å². The van der Waals surface area contributed by atoms with Gasteiger partial charge in [-0.1, -0.05) is 6.07 Å². The van der Waals surface area contributed by atoms with E-state index in [1.165, 1.54) is 10.4 Å². The number of benzene rings is 1. The van der Waals surface area contributed by atoms with Crippen molar-refractivity contribution in [1.29, 1.82) is 0 Å². The lowest BCUT2D eigenvalue weighted by atomic mass is 10.2. The van der Waals surface area contributed by atoms with E-state index >= 15 is 0 Å². The van der Waals surface area contributed by atoms with Gasteiger partial charge in [0.05, 0.1) is 11.8 Å². The molecular formula is C16H22FN3O3S. The molecule has 3 rings (SSSR count). The first-order valence-corrected chi connectivity index (χ1v) is 9.64. The Morgan fingerprint density at radius 3 is 2.50 bits per heavy atom. The number of carbonyl (C=O) groups excluding carboxylic acids is 1. The summed E-state index contributed by atoms with van der Waals surface area (Å²) in [7, 11) is -3.13. The minimum atomic E-state index is -3.13. The van der Waals surface area contributed by atoms with Crippen LogP contribution in [0.1, 0.15) is 18.4 Å². The Labute approximate surface area is 141 Å². The SMILES string of the molecule is Cc1ccc(NC(=O)CN2CCN(S(=O)(=O)C3CC3)CC2)cc1F. The van der Waals surface area contributed by atoms with Crippen molar-refractivity contribution in [1.82, 2.24) is 9.21 Å². The minimum absolute atomic E-state index is 0.173. The number of anilines is 1. The number of halogens is 1. The molecule has 1 heterocycles. The average Bonchev–Trinajstić information content (AvgIpc) is 3.37. The first kappa shape index (κ1) is 17.3. The van der Waals surface area contributed by atoms with Gasteiger partial charge < -0.3 is 5.32 Å². The largest absolute Gasteiger partial charge is 0.325 e. The summed E-state index contributed by atoms with van der Waals surface area (Å²) in [6, 6.07) is 4.58. The van der Waals surface area contributed by atoms with Gasteiger partial charge in [-0.3, -0.25) is 9.69 Å². The number of hydrogen-bond donors (Lipinski definition) is 1. The summed E-state index contributed by atoms with van der Waals surface area (Å²) >= 11 is 0. The molecule has 8 heteroatoms. The van der Waals surface area contributed by atoms with Gasteiger partial charge in [0.1, 0.15) is 5.82 Å². The summed E-state index contributed by atoms with van der Waals surface area (Å²) in [5.41, 5.74) is 0.957. The molecule has 1 aromatic rings. The number of hydrogen-bond acceptors (Lipinski definition) is 4. The van der Waals surface area contributed by atoms with Crippen molar-refractivity contribution in [2.24, 2.45) is 0 Å². The van der Waals surface area contributed by atoms with Crippen LogP contribution in [0.25, 0.3) is 0 Å². The van der Waals surface area contributed by atoms with E-state index in [4.69, 9.17) is 0 Å². The smallest absolute Gasteiger partial charge is 0.238 e. The third-order valence-corrected chi connectivity index (χ3v) is 6.86. The fourth-order valence-electron chi connectivity index (χ4n) is 2.79. The summed E-state index contributed by atoms with van der Waals surface area (Å²) in [5.74, 6) is -0.580. The van der Waals surface area contributed by atoms with Gasteiger partial charge in [0.25, 0.3) is 0 Å². The molecule has 1 aliphatic carbocycles. The Balaban J connectivity index is 1.48. The van der Waals surface area contributed by atoms with Crippen molar-refractivity contribution in [3.05, 3.63) is 29.6 Å². The van der Waals surface area contributed by atoms with Crippen LogP contribution in [0.4, 0.5) is 10.1 Å². The predicted octanol–water partition coefficient (Wildman–Crippen LogP) is 1.18. The molecule has 0 aromatic heterocycles. The lowest BCUT2D eigenvalue weighted by Crippen LogP contribution is -2.51. The molecule has 1 aromatic carbocycles. The zero-order chi connectivity index (χ0) is 17.3. The van der Waals surface area contributed by atoms with Crippen LogP contribution >= 0.6 is 0 Å². The fraction of sp³-hybridized carbons (Fsp3) is 0.562. The fourth-order valence-corrected chi connectivity index (χ4v) is 4.62. The summed E-state index contributed by atoms with van der Waals surface area (Å²) in [5, 5.41) is 2.48. The Kier molecular flexibility index (Phi) is 4.89. The third kappa shape index (κ3) is 3.93. The molecule has 1 amide bonds. The maximum atomic E-state index is 13.5. The lowest BCUT2D eigenvalue weighted by molar-refractivity contribution is -0.117. The topological polar surface area (TPSA) is 69.7 Å². The quantitative estimate of drug-likeness (QED) is 0.861. The monoisotopic (exact) mass is 355 g/mol. The molecule has 2 fully saturated rings. The maximum Gasteiger partial charge on any atom is 0.238 e. The van der Waals surface area contributed by atoms with Crippen molar-refractivity contribution in [2.45, 2.75) is 25.0 Å².